The van der Waals surface area contributed by atoms with Crippen LogP contribution in [-0.4, -0.2) is 11.5 Å². The molecule has 0 saturated carbocycles. The molecule has 106 valence electrons. The lowest BCUT2D eigenvalue weighted by atomic mass is 9.85. The summed E-state index contributed by atoms with van der Waals surface area (Å²) in [5.41, 5.74) is 4.07. The molecule has 2 rings (SSSR count). The van der Waals surface area contributed by atoms with Crippen LogP contribution in [-0.2, 0) is 6.42 Å². The van der Waals surface area contributed by atoms with Gasteiger partial charge in [-0.15, -0.1) is 11.6 Å². The van der Waals surface area contributed by atoms with Crippen molar-refractivity contribution in [2.75, 3.05) is 5.88 Å². The highest BCUT2D eigenvalue weighted by Crippen LogP contribution is 2.41. The van der Waals surface area contributed by atoms with Crippen molar-refractivity contribution in [1.82, 2.24) is 0 Å². The molecule has 0 aromatic heterocycles. The molecule has 0 spiro atoms. The topological polar surface area (TPSA) is 9.23 Å². The maximum Gasteiger partial charge on any atom is 0.127 e. The number of hydrogen-bond donors (Lipinski definition) is 0. The average Bonchev–Trinajstić information content (AvgIpc) is 2.36. The number of alkyl halides is 1. The molecule has 2 heteroatoms. The van der Waals surface area contributed by atoms with Gasteiger partial charge in [0.2, 0.25) is 0 Å². The largest absolute Gasteiger partial charge is 0.487 e. The zero-order chi connectivity index (χ0) is 14.0. The van der Waals surface area contributed by atoms with Crippen LogP contribution in [0.4, 0.5) is 0 Å². The third kappa shape index (κ3) is 3.08. The lowest BCUT2D eigenvalue weighted by Gasteiger charge is -2.38. The summed E-state index contributed by atoms with van der Waals surface area (Å²) in [4.78, 5) is 0. The summed E-state index contributed by atoms with van der Waals surface area (Å²) in [5, 5.41) is 0. The lowest BCUT2D eigenvalue weighted by molar-refractivity contribution is 0.0540. The van der Waals surface area contributed by atoms with Gasteiger partial charge in [0.15, 0.2) is 0 Å². The van der Waals surface area contributed by atoms with Crippen molar-refractivity contribution < 1.29 is 4.74 Å². The second kappa shape index (κ2) is 5.75. The quantitative estimate of drug-likeness (QED) is 0.687. The predicted molar refractivity (Wildman–Crippen MR) is 82.6 cm³/mol. The first kappa shape index (κ1) is 14.7. The monoisotopic (exact) mass is 280 g/mol. The van der Waals surface area contributed by atoms with E-state index in [1.165, 1.54) is 16.7 Å². The molecule has 19 heavy (non-hydrogen) atoms. The van der Waals surface area contributed by atoms with Gasteiger partial charge in [-0.25, -0.2) is 0 Å². The molecule has 1 aromatic rings. The summed E-state index contributed by atoms with van der Waals surface area (Å²) >= 11 is 5.83. The maximum absolute atomic E-state index is 6.44. The predicted octanol–water partition coefficient (Wildman–Crippen LogP) is 5.22. The Bertz CT molecular complexity index is 453. The molecule has 0 amide bonds. The molecule has 0 bridgehead atoms. The zero-order valence-electron chi connectivity index (χ0n) is 12.6. The molecule has 1 unspecified atom stereocenters. The SMILES string of the molecule is Cc1ccc(C(C)C)c2c1CCC(C)(CCCCl)O2. The number of ether oxygens (including phenoxy) is 1. The van der Waals surface area contributed by atoms with Crippen LogP contribution in [0.5, 0.6) is 5.75 Å². The Balaban J connectivity index is 2.34. The van der Waals surface area contributed by atoms with E-state index in [0.717, 1.165) is 37.3 Å². The third-order valence-electron chi connectivity index (χ3n) is 4.24. The van der Waals surface area contributed by atoms with Crippen LogP contribution in [0.3, 0.4) is 0 Å². The maximum atomic E-state index is 6.44. The summed E-state index contributed by atoms with van der Waals surface area (Å²) in [7, 11) is 0. The minimum atomic E-state index is -0.0423. The van der Waals surface area contributed by atoms with Crippen molar-refractivity contribution >= 4 is 11.6 Å². The van der Waals surface area contributed by atoms with Crippen molar-refractivity contribution in [3.05, 3.63) is 28.8 Å². The second-order valence-corrected chi connectivity index (χ2v) is 6.66. The number of halogens is 1. The zero-order valence-corrected chi connectivity index (χ0v) is 13.3. The highest BCUT2D eigenvalue weighted by molar-refractivity contribution is 6.17. The fourth-order valence-corrected chi connectivity index (χ4v) is 3.07. The summed E-state index contributed by atoms with van der Waals surface area (Å²) in [5.74, 6) is 2.37. The van der Waals surface area contributed by atoms with Crippen LogP contribution in [0, 0.1) is 6.92 Å². The van der Waals surface area contributed by atoms with Crippen LogP contribution in [0.15, 0.2) is 12.1 Å². The summed E-state index contributed by atoms with van der Waals surface area (Å²) in [6.07, 6.45) is 4.29. The lowest BCUT2D eigenvalue weighted by Crippen LogP contribution is -2.37. The van der Waals surface area contributed by atoms with E-state index >= 15 is 0 Å². The van der Waals surface area contributed by atoms with Gasteiger partial charge in [-0.3, -0.25) is 0 Å². The Morgan fingerprint density at radius 2 is 2.11 bits per heavy atom. The van der Waals surface area contributed by atoms with E-state index in [1.54, 1.807) is 0 Å². The Labute approximate surface area is 122 Å². The summed E-state index contributed by atoms with van der Waals surface area (Å²) < 4.78 is 6.44. The molecule has 1 atom stereocenters. The number of fused-ring (bicyclic) bond motifs is 1. The van der Waals surface area contributed by atoms with Crippen LogP contribution < -0.4 is 4.74 Å². The van der Waals surface area contributed by atoms with E-state index in [2.05, 4.69) is 39.8 Å². The number of aryl methyl sites for hydroxylation is 1. The van der Waals surface area contributed by atoms with E-state index in [-0.39, 0.29) is 5.60 Å². The molecule has 0 fully saturated rings. The molecule has 0 N–H and O–H groups in total. The molecular formula is C17H25ClO. The summed E-state index contributed by atoms with van der Waals surface area (Å²) in [6, 6.07) is 4.46. The van der Waals surface area contributed by atoms with Crippen LogP contribution in [0.1, 0.15) is 62.6 Å². The Morgan fingerprint density at radius 1 is 1.37 bits per heavy atom. The van der Waals surface area contributed by atoms with Crippen LogP contribution in [0.25, 0.3) is 0 Å². The van der Waals surface area contributed by atoms with E-state index in [4.69, 9.17) is 16.3 Å². The Kier molecular flexibility index (Phi) is 4.45. The van der Waals surface area contributed by atoms with E-state index < -0.39 is 0 Å². The third-order valence-corrected chi connectivity index (χ3v) is 4.51. The van der Waals surface area contributed by atoms with Gasteiger partial charge >= 0.3 is 0 Å². The van der Waals surface area contributed by atoms with Crippen molar-refractivity contribution in [2.24, 2.45) is 0 Å². The molecule has 0 aliphatic carbocycles. The minimum Gasteiger partial charge on any atom is -0.487 e. The van der Waals surface area contributed by atoms with Gasteiger partial charge in [0, 0.05) is 5.88 Å². The first-order valence-corrected chi connectivity index (χ1v) is 7.87. The average molecular weight is 281 g/mol. The van der Waals surface area contributed by atoms with Gasteiger partial charge in [0.1, 0.15) is 11.4 Å². The molecule has 1 aliphatic heterocycles. The number of hydrogen-bond acceptors (Lipinski definition) is 1. The van der Waals surface area contributed by atoms with Crippen molar-refractivity contribution in [2.45, 2.75) is 64.9 Å². The standard InChI is InChI=1S/C17H25ClO/c1-12(2)14-7-6-13(3)15-8-10-17(4,9-5-11-18)19-16(14)15/h6-7,12H,5,8-11H2,1-4H3. The molecule has 0 radical (unpaired) electrons. The fraction of sp³-hybridized carbons (Fsp3) is 0.647. The fourth-order valence-electron chi connectivity index (χ4n) is 2.93. The van der Waals surface area contributed by atoms with E-state index in [1.807, 2.05) is 0 Å². The highest BCUT2D eigenvalue weighted by atomic mass is 35.5. The minimum absolute atomic E-state index is 0.0423. The van der Waals surface area contributed by atoms with Gasteiger partial charge in [-0.05, 0) is 62.1 Å². The first-order valence-electron chi connectivity index (χ1n) is 7.34. The Hall–Kier alpha value is -0.690. The van der Waals surface area contributed by atoms with Gasteiger partial charge in [0.05, 0.1) is 0 Å². The highest BCUT2D eigenvalue weighted by Gasteiger charge is 2.33. The first-order chi connectivity index (χ1) is 8.97. The van der Waals surface area contributed by atoms with E-state index in [9.17, 15) is 0 Å². The number of rotatable bonds is 4. The molecular weight excluding hydrogens is 256 g/mol. The van der Waals surface area contributed by atoms with Gasteiger partial charge in [-0.2, -0.15) is 0 Å². The summed E-state index contributed by atoms with van der Waals surface area (Å²) in [6.45, 7) is 8.89. The second-order valence-electron chi connectivity index (χ2n) is 6.28. The van der Waals surface area contributed by atoms with Gasteiger partial charge < -0.3 is 4.74 Å². The van der Waals surface area contributed by atoms with Crippen molar-refractivity contribution in [1.29, 1.82) is 0 Å². The Morgan fingerprint density at radius 3 is 2.74 bits per heavy atom. The van der Waals surface area contributed by atoms with E-state index in [0.29, 0.717) is 5.92 Å². The van der Waals surface area contributed by atoms with Crippen molar-refractivity contribution in [3.8, 4) is 5.75 Å². The van der Waals surface area contributed by atoms with Gasteiger partial charge in [0.25, 0.3) is 0 Å². The molecule has 1 aromatic carbocycles. The van der Waals surface area contributed by atoms with Crippen molar-refractivity contribution in [3.63, 3.8) is 0 Å². The van der Waals surface area contributed by atoms with Crippen LogP contribution in [0.2, 0.25) is 0 Å². The van der Waals surface area contributed by atoms with Gasteiger partial charge in [-0.1, -0.05) is 26.0 Å². The molecule has 1 heterocycles. The smallest absolute Gasteiger partial charge is 0.127 e. The van der Waals surface area contributed by atoms with Crippen LogP contribution >= 0.6 is 11.6 Å². The molecule has 1 aliphatic rings. The molecule has 1 nitrogen and oxygen atoms in total. The normalized spacial score (nSPS) is 22.2. The molecule has 0 saturated heterocycles. The number of benzene rings is 1.